The fourth-order valence-electron chi connectivity index (χ4n) is 4.24. The van der Waals surface area contributed by atoms with Gasteiger partial charge in [-0.3, -0.25) is 4.79 Å². The minimum Gasteiger partial charge on any atom is -0.381 e. The van der Waals surface area contributed by atoms with Crippen LogP contribution in [0.15, 0.2) is 53.0 Å². The van der Waals surface area contributed by atoms with Gasteiger partial charge in [0.2, 0.25) is 5.91 Å². The number of hydrogen-bond donors (Lipinski definition) is 0. The molecule has 28 heavy (non-hydrogen) atoms. The first-order valence-electron chi connectivity index (χ1n) is 9.72. The van der Waals surface area contributed by atoms with Crippen molar-refractivity contribution in [2.24, 2.45) is 0 Å². The van der Waals surface area contributed by atoms with E-state index in [0.29, 0.717) is 39.1 Å². The summed E-state index contributed by atoms with van der Waals surface area (Å²) in [6.45, 7) is 4.08. The molecular formula is C22H24BrFN2O2. The van der Waals surface area contributed by atoms with E-state index in [9.17, 15) is 9.18 Å². The Morgan fingerprint density at radius 2 is 1.54 bits per heavy atom. The molecule has 2 heterocycles. The van der Waals surface area contributed by atoms with Gasteiger partial charge in [0.1, 0.15) is 5.82 Å². The van der Waals surface area contributed by atoms with Gasteiger partial charge in [-0.05, 0) is 54.8 Å². The molecular weight excluding hydrogens is 423 g/mol. The van der Waals surface area contributed by atoms with Crippen LogP contribution < -0.4 is 4.90 Å². The van der Waals surface area contributed by atoms with Crippen molar-refractivity contribution in [3.63, 3.8) is 0 Å². The van der Waals surface area contributed by atoms with Gasteiger partial charge < -0.3 is 14.5 Å². The number of carbonyl (C=O) groups is 1. The van der Waals surface area contributed by atoms with Crippen LogP contribution in [0.5, 0.6) is 0 Å². The van der Waals surface area contributed by atoms with Crippen molar-refractivity contribution in [3.8, 4) is 0 Å². The summed E-state index contributed by atoms with van der Waals surface area (Å²) in [5.74, 6) is -0.0228. The predicted molar refractivity (Wildman–Crippen MR) is 111 cm³/mol. The van der Waals surface area contributed by atoms with E-state index in [1.54, 1.807) is 12.1 Å². The van der Waals surface area contributed by atoms with Crippen LogP contribution in [0.1, 0.15) is 18.4 Å². The van der Waals surface area contributed by atoms with Crippen LogP contribution in [0.2, 0.25) is 0 Å². The highest BCUT2D eigenvalue weighted by Crippen LogP contribution is 2.37. The normalized spacial score (nSPS) is 19.5. The Hall–Kier alpha value is -1.92. The SMILES string of the molecule is O=C(N1CCN(c2ccc(F)cc2)CC1)C1(c2ccc(Br)cc2)CCOCC1. The van der Waals surface area contributed by atoms with Crippen LogP contribution in [0.4, 0.5) is 10.1 Å². The minimum atomic E-state index is -0.503. The lowest BCUT2D eigenvalue weighted by Crippen LogP contribution is -2.56. The summed E-state index contributed by atoms with van der Waals surface area (Å²) in [7, 11) is 0. The van der Waals surface area contributed by atoms with E-state index in [4.69, 9.17) is 4.74 Å². The van der Waals surface area contributed by atoms with Crippen LogP contribution in [0.3, 0.4) is 0 Å². The summed E-state index contributed by atoms with van der Waals surface area (Å²) >= 11 is 3.48. The Bertz CT molecular complexity index is 811. The molecule has 0 atom stereocenters. The van der Waals surface area contributed by atoms with Crippen molar-refractivity contribution in [2.45, 2.75) is 18.3 Å². The number of hydrogen-bond acceptors (Lipinski definition) is 3. The lowest BCUT2D eigenvalue weighted by molar-refractivity contribution is -0.141. The maximum absolute atomic E-state index is 13.6. The largest absolute Gasteiger partial charge is 0.381 e. The molecule has 0 aliphatic carbocycles. The molecule has 4 nitrogen and oxygen atoms in total. The van der Waals surface area contributed by atoms with Gasteiger partial charge in [0.25, 0.3) is 0 Å². The van der Waals surface area contributed by atoms with Gasteiger partial charge in [0, 0.05) is 49.6 Å². The van der Waals surface area contributed by atoms with E-state index >= 15 is 0 Å². The summed E-state index contributed by atoms with van der Waals surface area (Å²) in [5.41, 5.74) is 1.57. The van der Waals surface area contributed by atoms with Crippen molar-refractivity contribution in [1.82, 2.24) is 4.90 Å². The third kappa shape index (κ3) is 3.80. The molecule has 0 aromatic heterocycles. The molecule has 0 bridgehead atoms. The van der Waals surface area contributed by atoms with E-state index in [0.717, 1.165) is 28.8 Å². The highest BCUT2D eigenvalue weighted by Gasteiger charge is 2.44. The van der Waals surface area contributed by atoms with E-state index < -0.39 is 5.41 Å². The van der Waals surface area contributed by atoms with E-state index in [2.05, 4.69) is 33.0 Å². The standard InChI is InChI=1S/C22H24BrFN2O2/c23-18-3-1-17(2-4-18)22(9-15-28-16-10-22)21(27)26-13-11-25(12-14-26)20-7-5-19(24)6-8-20/h1-8H,9-16H2. The fourth-order valence-corrected chi connectivity index (χ4v) is 4.50. The zero-order chi connectivity index (χ0) is 19.6. The van der Waals surface area contributed by atoms with Crippen molar-refractivity contribution < 1.29 is 13.9 Å². The highest BCUT2D eigenvalue weighted by atomic mass is 79.9. The Balaban J connectivity index is 1.50. The maximum atomic E-state index is 13.6. The van der Waals surface area contributed by atoms with Crippen LogP contribution >= 0.6 is 15.9 Å². The molecule has 4 rings (SSSR count). The average molecular weight is 447 g/mol. The number of rotatable bonds is 3. The lowest BCUT2D eigenvalue weighted by Gasteiger charge is -2.43. The third-order valence-electron chi connectivity index (χ3n) is 5.91. The predicted octanol–water partition coefficient (Wildman–Crippen LogP) is 3.99. The van der Waals surface area contributed by atoms with Crippen LogP contribution in [-0.4, -0.2) is 50.2 Å². The highest BCUT2D eigenvalue weighted by molar-refractivity contribution is 9.10. The molecule has 0 N–H and O–H groups in total. The number of benzene rings is 2. The molecule has 2 aromatic carbocycles. The maximum Gasteiger partial charge on any atom is 0.233 e. The lowest BCUT2D eigenvalue weighted by atomic mass is 9.73. The first-order chi connectivity index (χ1) is 13.6. The second-order valence-corrected chi connectivity index (χ2v) is 8.37. The second-order valence-electron chi connectivity index (χ2n) is 7.46. The Kier molecular flexibility index (Phi) is 5.69. The monoisotopic (exact) mass is 446 g/mol. The minimum absolute atomic E-state index is 0.205. The molecule has 2 aromatic rings. The molecule has 2 fully saturated rings. The number of ether oxygens (including phenoxy) is 1. The zero-order valence-electron chi connectivity index (χ0n) is 15.7. The van der Waals surface area contributed by atoms with Crippen molar-refractivity contribution >= 4 is 27.5 Å². The number of halogens is 2. The number of anilines is 1. The van der Waals surface area contributed by atoms with Crippen molar-refractivity contribution in [3.05, 3.63) is 64.4 Å². The van der Waals surface area contributed by atoms with E-state index in [1.165, 1.54) is 12.1 Å². The molecule has 2 saturated heterocycles. The first kappa shape index (κ1) is 19.4. The van der Waals surface area contributed by atoms with Gasteiger partial charge in [0.15, 0.2) is 0 Å². The molecule has 6 heteroatoms. The van der Waals surface area contributed by atoms with Gasteiger partial charge in [-0.1, -0.05) is 28.1 Å². The van der Waals surface area contributed by atoms with Gasteiger partial charge in [-0.2, -0.15) is 0 Å². The van der Waals surface area contributed by atoms with Crippen LogP contribution in [0, 0.1) is 5.82 Å². The molecule has 0 radical (unpaired) electrons. The third-order valence-corrected chi connectivity index (χ3v) is 6.44. The van der Waals surface area contributed by atoms with Crippen molar-refractivity contribution in [1.29, 1.82) is 0 Å². The summed E-state index contributed by atoms with van der Waals surface area (Å²) in [4.78, 5) is 17.8. The smallest absolute Gasteiger partial charge is 0.233 e. The fraction of sp³-hybridized carbons (Fsp3) is 0.409. The quantitative estimate of drug-likeness (QED) is 0.714. The molecule has 2 aliphatic rings. The van der Waals surface area contributed by atoms with Crippen molar-refractivity contribution in [2.75, 3.05) is 44.3 Å². The van der Waals surface area contributed by atoms with Gasteiger partial charge >= 0.3 is 0 Å². The molecule has 0 saturated carbocycles. The second kappa shape index (κ2) is 8.21. The summed E-state index contributed by atoms with van der Waals surface area (Å²) in [6.07, 6.45) is 1.43. The van der Waals surface area contributed by atoms with Gasteiger partial charge in [-0.15, -0.1) is 0 Å². The van der Waals surface area contributed by atoms with Gasteiger partial charge in [0.05, 0.1) is 5.41 Å². The number of carbonyl (C=O) groups excluding carboxylic acids is 1. The van der Waals surface area contributed by atoms with Crippen LogP contribution in [-0.2, 0) is 14.9 Å². The Morgan fingerprint density at radius 3 is 2.14 bits per heavy atom. The van der Waals surface area contributed by atoms with Crippen LogP contribution in [0.25, 0.3) is 0 Å². The Morgan fingerprint density at radius 1 is 0.929 bits per heavy atom. The number of piperazine rings is 1. The first-order valence-corrected chi connectivity index (χ1v) is 10.5. The van der Waals surface area contributed by atoms with E-state index in [-0.39, 0.29) is 11.7 Å². The number of nitrogens with zero attached hydrogens (tertiary/aromatic N) is 2. The summed E-state index contributed by atoms with van der Waals surface area (Å²) in [6, 6.07) is 14.7. The zero-order valence-corrected chi connectivity index (χ0v) is 17.3. The molecule has 0 spiro atoms. The summed E-state index contributed by atoms with van der Waals surface area (Å²) < 4.78 is 19.8. The summed E-state index contributed by atoms with van der Waals surface area (Å²) in [5, 5.41) is 0. The Labute approximate surface area is 173 Å². The molecule has 1 amide bonds. The van der Waals surface area contributed by atoms with E-state index in [1.807, 2.05) is 17.0 Å². The molecule has 0 unspecified atom stereocenters. The van der Waals surface area contributed by atoms with Gasteiger partial charge in [-0.25, -0.2) is 4.39 Å². The molecule has 2 aliphatic heterocycles. The molecule has 148 valence electrons. The number of amides is 1. The topological polar surface area (TPSA) is 32.8 Å². The average Bonchev–Trinajstić information content (AvgIpc) is 2.75.